The summed E-state index contributed by atoms with van der Waals surface area (Å²) in [5, 5.41) is 3.59. The number of hydrogen-bond donors (Lipinski definition) is 1. The highest BCUT2D eigenvalue weighted by molar-refractivity contribution is 7.71. The van der Waals surface area contributed by atoms with Crippen LogP contribution in [-0.2, 0) is 0 Å². The van der Waals surface area contributed by atoms with Crippen LogP contribution in [0.4, 0.5) is 4.79 Å². The summed E-state index contributed by atoms with van der Waals surface area (Å²) in [4.78, 5) is 12.5. The van der Waals surface area contributed by atoms with E-state index in [9.17, 15) is 4.79 Å². The molecule has 0 atom stereocenters. The van der Waals surface area contributed by atoms with E-state index >= 15 is 0 Å². The van der Waals surface area contributed by atoms with Crippen LogP contribution in [0.15, 0.2) is 22.6 Å². The number of halogens is 1. The van der Waals surface area contributed by atoms with Gasteiger partial charge in [0.25, 0.3) is 4.84 Å². The number of rotatable bonds is 1. The summed E-state index contributed by atoms with van der Waals surface area (Å²) in [5.41, 5.74) is 1.18. The first kappa shape index (κ1) is 13.6. The summed E-state index contributed by atoms with van der Waals surface area (Å²) in [7, 11) is 0. The molecule has 0 radical (unpaired) electrons. The van der Waals surface area contributed by atoms with Gasteiger partial charge in [-0.1, -0.05) is 30.9 Å². The topological polar surface area (TPSA) is 47.2 Å². The zero-order valence-electron chi connectivity index (χ0n) is 10.9. The molecule has 1 N–H and O–H groups in total. The van der Waals surface area contributed by atoms with Gasteiger partial charge in [-0.25, -0.2) is 9.36 Å². The Balaban J connectivity index is 1.90. The summed E-state index contributed by atoms with van der Waals surface area (Å²) in [6.45, 7) is 0. The smallest absolute Gasteiger partial charge is 0.329 e. The predicted molar refractivity (Wildman–Crippen MR) is 80.9 cm³/mol. The lowest BCUT2D eigenvalue weighted by Crippen LogP contribution is -2.38. The van der Waals surface area contributed by atoms with E-state index < -0.39 is 0 Å². The van der Waals surface area contributed by atoms with Crippen molar-refractivity contribution < 1.29 is 9.21 Å². The highest BCUT2D eigenvalue weighted by Gasteiger charge is 2.19. The molecule has 6 heteroatoms. The maximum absolute atomic E-state index is 12.4. The van der Waals surface area contributed by atoms with E-state index in [0.29, 0.717) is 16.1 Å². The minimum atomic E-state index is -0.219. The molecule has 4 nitrogen and oxygen atoms in total. The molecule has 1 aromatic carbocycles. The van der Waals surface area contributed by atoms with Crippen LogP contribution < -0.4 is 5.32 Å². The molecule has 1 saturated carbocycles. The van der Waals surface area contributed by atoms with Crippen LogP contribution in [0.2, 0.25) is 5.02 Å². The van der Waals surface area contributed by atoms with Crippen LogP contribution in [0.25, 0.3) is 11.1 Å². The van der Waals surface area contributed by atoms with Gasteiger partial charge in [0.1, 0.15) is 0 Å². The Morgan fingerprint density at radius 3 is 2.85 bits per heavy atom. The zero-order chi connectivity index (χ0) is 14.1. The lowest BCUT2D eigenvalue weighted by atomic mass is 9.96. The summed E-state index contributed by atoms with van der Waals surface area (Å²) < 4.78 is 6.82. The second-order valence-electron chi connectivity index (χ2n) is 5.10. The zero-order valence-corrected chi connectivity index (χ0v) is 12.5. The van der Waals surface area contributed by atoms with E-state index in [4.69, 9.17) is 28.2 Å². The molecule has 20 heavy (non-hydrogen) atoms. The summed E-state index contributed by atoms with van der Waals surface area (Å²) >= 11 is 11.0. The van der Waals surface area contributed by atoms with Gasteiger partial charge in [0.15, 0.2) is 5.58 Å². The second kappa shape index (κ2) is 5.58. The third-order valence-electron chi connectivity index (χ3n) is 3.68. The minimum absolute atomic E-state index is 0.149. The largest absolute Gasteiger partial charge is 0.429 e. The van der Waals surface area contributed by atoms with Crippen LogP contribution in [0, 0.1) is 4.84 Å². The average molecular weight is 311 g/mol. The first-order valence-electron chi connectivity index (χ1n) is 6.77. The third kappa shape index (κ3) is 2.60. The van der Waals surface area contributed by atoms with Gasteiger partial charge in [0, 0.05) is 17.1 Å². The molecule has 106 valence electrons. The normalized spacial score (nSPS) is 16.4. The highest BCUT2D eigenvalue weighted by atomic mass is 35.5. The quantitative estimate of drug-likeness (QED) is 0.788. The molecular formula is C14H15ClN2O2S. The van der Waals surface area contributed by atoms with Crippen molar-refractivity contribution in [2.24, 2.45) is 0 Å². The van der Waals surface area contributed by atoms with Crippen LogP contribution >= 0.6 is 23.8 Å². The van der Waals surface area contributed by atoms with E-state index in [0.717, 1.165) is 25.7 Å². The average Bonchev–Trinajstić information content (AvgIpc) is 2.74. The molecule has 2 aromatic rings. The number of nitrogens with zero attached hydrogens (tertiary/aromatic N) is 1. The number of aromatic nitrogens is 1. The maximum atomic E-state index is 12.4. The van der Waals surface area contributed by atoms with Crippen LogP contribution in [0.5, 0.6) is 0 Å². The number of carbonyl (C=O) groups is 1. The van der Waals surface area contributed by atoms with E-state index in [1.54, 1.807) is 18.2 Å². The molecule has 0 bridgehead atoms. The molecule has 1 aliphatic carbocycles. The Labute approximate surface area is 126 Å². The van der Waals surface area contributed by atoms with Gasteiger partial charge in [-0.15, -0.1) is 0 Å². The monoisotopic (exact) mass is 310 g/mol. The predicted octanol–water partition coefficient (Wildman–Crippen LogP) is 4.51. The summed E-state index contributed by atoms with van der Waals surface area (Å²) in [5.74, 6) is 0. The van der Waals surface area contributed by atoms with E-state index in [1.807, 2.05) is 0 Å². The van der Waals surface area contributed by atoms with Crippen LogP contribution in [-0.4, -0.2) is 16.6 Å². The van der Waals surface area contributed by atoms with Crippen molar-refractivity contribution in [2.45, 2.75) is 38.1 Å². The van der Waals surface area contributed by atoms with Crippen molar-refractivity contribution in [3.05, 3.63) is 28.1 Å². The van der Waals surface area contributed by atoms with E-state index in [2.05, 4.69) is 5.32 Å². The molecular weight excluding hydrogens is 296 g/mol. The number of fused-ring (bicyclic) bond motifs is 1. The standard InChI is InChI=1S/C14H15ClN2O2S/c15-9-6-7-11-12(8-9)19-14(20)17(11)13(18)16-10-4-2-1-3-5-10/h6-8,10H,1-5H2,(H,16,18). The molecule has 0 unspecified atom stereocenters. The van der Waals surface area contributed by atoms with Gasteiger partial charge in [-0.2, -0.15) is 0 Å². The van der Waals surface area contributed by atoms with E-state index in [-0.39, 0.29) is 16.9 Å². The van der Waals surface area contributed by atoms with Crippen molar-refractivity contribution in [2.75, 3.05) is 0 Å². The van der Waals surface area contributed by atoms with Crippen molar-refractivity contribution in [1.82, 2.24) is 9.88 Å². The number of oxazole rings is 1. The first-order valence-corrected chi connectivity index (χ1v) is 7.56. The molecule has 3 rings (SSSR count). The fourth-order valence-corrected chi connectivity index (χ4v) is 3.10. The Hall–Kier alpha value is -1.33. The maximum Gasteiger partial charge on any atom is 0.329 e. The van der Waals surface area contributed by atoms with Crippen LogP contribution in [0.3, 0.4) is 0 Å². The molecule has 0 spiro atoms. The summed E-state index contributed by atoms with van der Waals surface area (Å²) in [6.07, 6.45) is 5.64. The molecule has 0 saturated heterocycles. The van der Waals surface area contributed by atoms with Crippen molar-refractivity contribution in [1.29, 1.82) is 0 Å². The Morgan fingerprint density at radius 2 is 2.10 bits per heavy atom. The number of hydrogen-bond acceptors (Lipinski definition) is 3. The SMILES string of the molecule is O=C(NC1CCCCC1)n1c(=S)oc2cc(Cl)ccc21. The lowest BCUT2D eigenvalue weighted by molar-refractivity contribution is 0.233. The molecule has 1 fully saturated rings. The van der Waals surface area contributed by atoms with Crippen molar-refractivity contribution in [3.8, 4) is 0 Å². The minimum Gasteiger partial charge on any atom is -0.429 e. The Bertz CT molecular complexity index is 701. The van der Waals surface area contributed by atoms with Gasteiger partial charge in [-0.3, -0.25) is 0 Å². The van der Waals surface area contributed by atoms with Gasteiger partial charge in [-0.05, 0) is 37.2 Å². The Kier molecular flexibility index (Phi) is 3.81. The van der Waals surface area contributed by atoms with Crippen molar-refractivity contribution >= 4 is 40.9 Å². The molecule has 1 aromatic heterocycles. The van der Waals surface area contributed by atoms with Gasteiger partial charge in [0.2, 0.25) is 0 Å². The first-order chi connectivity index (χ1) is 9.65. The summed E-state index contributed by atoms with van der Waals surface area (Å²) in [6, 6.07) is 5.14. The molecule has 0 aliphatic heterocycles. The molecule has 1 amide bonds. The van der Waals surface area contributed by atoms with E-state index in [1.165, 1.54) is 11.0 Å². The Morgan fingerprint density at radius 1 is 1.35 bits per heavy atom. The third-order valence-corrected chi connectivity index (χ3v) is 4.18. The number of carbonyl (C=O) groups excluding carboxylic acids is 1. The number of amides is 1. The van der Waals surface area contributed by atoms with Gasteiger partial charge < -0.3 is 9.73 Å². The fourth-order valence-electron chi connectivity index (χ4n) is 2.67. The van der Waals surface area contributed by atoms with Crippen LogP contribution in [0.1, 0.15) is 32.1 Å². The number of nitrogens with one attached hydrogen (secondary N) is 1. The van der Waals surface area contributed by atoms with Gasteiger partial charge in [0.05, 0.1) is 5.52 Å². The highest BCUT2D eigenvalue weighted by Crippen LogP contribution is 2.22. The van der Waals surface area contributed by atoms with Gasteiger partial charge >= 0.3 is 6.03 Å². The number of benzene rings is 1. The van der Waals surface area contributed by atoms with Crippen molar-refractivity contribution in [3.63, 3.8) is 0 Å². The lowest BCUT2D eigenvalue weighted by Gasteiger charge is -2.22. The fraction of sp³-hybridized carbons (Fsp3) is 0.429. The molecule has 1 heterocycles. The second-order valence-corrected chi connectivity index (χ2v) is 5.89. The molecule has 1 aliphatic rings.